The number of carbonyl (C=O) groups excluding carboxylic acids is 1. The summed E-state index contributed by atoms with van der Waals surface area (Å²) in [5.74, 6) is -1.17. The molecule has 1 fully saturated rings. The molecule has 1 saturated heterocycles. The Balaban J connectivity index is 1.96. The standard InChI is InChI=1S/C13H20N4O3S/c1-3-4-10-15-16-12(21-10)14-13(20)17-6-8(2)5-9(7-17)11(18)19/h8-9H,3-7H2,1-2H3,(H,18,19)(H,14,16,20). The Kier molecular flexibility index (Phi) is 5.11. The number of anilines is 1. The van der Waals surface area contributed by atoms with Crippen LogP contribution in [0.3, 0.4) is 0 Å². The van der Waals surface area contributed by atoms with E-state index in [0.29, 0.717) is 18.1 Å². The number of carboxylic acid groups (broad SMARTS) is 1. The zero-order valence-corrected chi connectivity index (χ0v) is 13.0. The Bertz CT molecular complexity index is 519. The number of amides is 2. The molecule has 0 spiro atoms. The van der Waals surface area contributed by atoms with Crippen LogP contribution in [0.25, 0.3) is 0 Å². The molecular weight excluding hydrogens is 292 g/mol. The van der Waals surface area contributed by atoms with Gasteiger partial charge in [0.1, 0.15) is 5.01 Å². The van der Waals surface area contributed by atoms with Crippen LogP contribution in [-0.4, -0.2) is 45.3 Å². The third kappa shape index (κ3) is 4.13. The van der Waals surface area contributed by atoms with Crippen molar-refractivity contribution in [3.05, 3.63) is 5.01 Å². The molecule has 2 rings (SSSR count). The predicted octanol–water partition coefficient (Wildman–Crippen LogP) is 2.07. The van der Waals surface area contributed by atoms with Gasteiger partial charge in [0.15, 0.2) is 0 Å². The van der Waals surface area contributed by atoms with Gasteiger partial charge in [0, 0.05) is 19.5 Å². The van der Waals surface area contributed by atoms with E-state index in [0.717, 1.165) is 17.8 Å². The molecule has 2 amide bonds. The average molecular weight is 312 g/mol. The molecule has 8 heteroatoms. The van der Waals surface area contributed by atoms with Gasteiger partial charge >= 0.3 is 12.0 Å². The molecule has 1 aliphatic rings. The second kappa shape index (κ2) is 6.84. The van der Waals surface area contributed by atoms with Gasteiger partial charge in [-0.2, -0.15) is 0 Å². The van der Waals surface area contributed by atoms with Crippen LogP contribution in [0.2, 0.25) is 0 Å². The van der Waals surface area contributed by atoms with E-state index in [1.165, 1.54) is 11.3 Å². The van der Waals surface area contributed by atoms with Gasteiger partial charge in [-0.15, -0.1) is 10.2 Å². The van der Waals surface area contributed by atoms with E-state index in [2.05, 4.69) is 22.4 Å². The largest absolute Gasteiger partial charge is 0.481 e. The summed E-state index contributed by atoms with van der Waals surface area (Å²) in [5, 5.41) is 21.1. The number of likely N-dealkylation sites (tertiary alicyclic amines) is 1. The van der Waals surface area contributed by atoms with Crippen molar-refractivity contribution >= 4 is 28.5 Å². The smallest absolute Gasteiger partial charge is 0.323 e. The van der Waals surface area contributed by atoms with E-state index < -0.39 is 11.9 Å². The van der Waals surface area contributed by atoms with Crippen molar-refractivity contribution in [2.75, 3.05) is 18.4 Å². The zero-order chi connectivity index (χ0) is 15.4. The second-order valence-corrected chi connectivity index (χ2v) is 6.52. The van der Waals surface area contributed by atoms with E-state index in [9.17, 15) is 9.59 Å². The highest BCUT2D eigenvalue weighted by Gasteiger charge is 2.32. The first-order chi connectivity index (χ1) is 9.99. The molecule has 0 saturated carbocycles. The number of hydrogen-bond donors (Lipinski definition) is 2. The molecule has 0 radical (unpaired) electrons. The van der Waals surface area contributed by atoms with Crippen molar-refractivity contribution in [3.8, 4) is 0 Å². The van der Waals surface area contributed by atoms with Crippen molar-refractivity contribution in [3.63, 3.8) is 0 Å². The van der Waals surface area contributed by atoms with Crippen LogP contribution in [-0.2, 0) is 11.2 Å². The highest BCUT2D eigenvalue weighted by molar-refractivity contribution is 7.15. The first-order valence-corrected chi connectivity index (χ1v) is 7.92. The van der Waals surface area contributed by atoms with Crippen molar-refractivity contribution in [2.45, 2.75) is 33.1 Å². The lowest BCUT2D eigenvalue weighted by atomic mass is 9.91. The third-order valence-corrected chi connectivity index (χ3v) is 4.34. The van der Waals surface area contributed by atoms with Crippen LogP contribution in [0, 0.1) is 11.8 Å². The van der Waals surface area contributed by atoms with Crippen LogP contribution in [0.5, 0.6) is 0 Å². The van der Waals surface area contributed by atoms with E-state index in [1.54, 1.807) is 4.90 Å². The molecule has 2 unspecified atom stereocenters. The summed E-state index contributed by atoms with van der Waals surface area (Å²) in [7, 11) is 0. The van der Waals surface area contributed by atoms with Gasteiger partial charge in [0.2, 0.25) is 5.13 Å². The second-order valence-electron chi connectivity index (χ2n) is 5.46. The minimum Gasteiger partial charge on any atom is -0.481 e. The van der Waals surface area contributed by atoms with E-state index in [1.807, 2.05) is 6.92 Å². The van der Waals surface area contributed by atoms with Gasteiger partial charge in [-0.3, -0.25) is 10.1 Å². The van der Waals surface area contributed by atoms with Crippen molar-refractivity contribution in [1.29, 1.82) is 0 Å². The molecule has 1 aromatic heterocycles. The summed E-state index contributed by atoms with van der Waals surface area (Å²) in [6, 6.07) is -0.299. The predicted molar refractivity (Wildman–Crippen MR) is 79.4 cm³/mol. The summed E-state index contributed by atoms with van der Waals surface area (Å²) in [6.07, 6.45) is 2.43. The monoisotopic (exact) mass is 312 g/mol. The Hall–Kier alpha value is -1.70. The van der Waals surface area contributed by atoms with Crippen LogP contribution in [0.4, 0.5) is 9.93 Å². The van der Waals surface area contributed by atoms with E-state index >= 15 is 0 Å². The minimum absolute atomic E-state index is 0.177. The van der Waals surface area contributed by atoms with Crippen molar-refractivity contribution in [1.82, 2.24) is 15.1 Å². The number of carboxylic acids is 1. The number of urea groups is 1. The molecule has 7 nitrogen and oxygen atoms in total. The van der Waals surface area contributed by atoms with Crippen LogP contribution in [0.1, 0.15) is 31.7 Å². The molecule has 116 valence electrons. The van der Waals surface area contributed by atoms with Crippen LogP contribution < -0.4 is 5.32 Å². The van der Waals surface area contributed by atoms with Gasteiger partial charge in [-0.1, -0.05) is 25.2 Å². The van der Waals surface area contributed by atoms with Gasteiger partial charge in [-0.05, 0) is 18.8 Å². The summed E-state index contributed by atoms with van der Waals surface area (Å²) >= 11 is 1.36. The van der Waals surface area contributed by atoms with Gasteiger partial charge in [0.05, 0.1) is 5.92 Å². The molecule has 2 N–H and O–H groups in total. The fourth-order valence-corrected chi connectivity index (χ4v) is 3.32. The number of aliphatic carboxylic acids is 1. The van der Waals surface area contributed by atoms with Gasteiger partial charge < -0.3 is 10.0 Å². The third-order valence-electron chi connectivity index (χ3n) is 3.44. The maximum atomic E-state index is 12.2. The minimum atomic E-state index is -0.847. The number of aryl methyl sites for hydroxylation is 1. The van der Waals surface area contributed by atoms with Crippen LogP contribution in [0.15, 0.2) is 0 Å². The molecule has 1 aliphatic heterocycles. The topological polar surface area (TPSA) is 95.4 Å². The maximum absolute atomic E-state index is 12.2. The van der Waals surface area contributed by atoms with Crippen LogP contribution >= 0.6 is 11.3 Å². The molecular formula is C13H20N4O3S. The fraction of sp³-hybridized carbons (Fsp3) is 0.692. The van der Waals surface area contributed by atoms with Crippen molar-refractivity contribution in [2.24, 2.45) is 11.8 Å². The number of carbonyl (C=O) groups is 2. The lowest BCUT2D eigenvalue weighted by molar-refractivity contribution is -0.143. The number of hydrogen-bond acceptors (Lipinski definition) is 5. The molecule has 0 aromatic carbocycles. The lowest BCUT2D eigenvalue weighted by Gasteiger charge is -2.34. The molecule has 0 aliphatic carbocycles. The fourth-order valence-electron chi connectivity index (χ4n) is 2.49. The quantitative estimate of drug-likeness (QED) is 0.887. The van der Waals surface area contributed by atoms with E-state index in [4.69, 9.17) is 5.11 Å². The van der Waals surface area contributed by atoms with E-state index in [-0.39, 0.29) is 18.5 Å². The first-order valence-electron chi connectivity index (χ1n) is 7.10. The summed E-state index contributed by atoms with van der Waals surface area (Å²) < 4.78 is 0. The van der Waals surface area contributed by atoms with Crippen molar-refractivity contribution < 1.29 is 14.7 Å². The summed E-state index contributed by atoms with van der Waals surface area (Å²) in [6.45, 7) is 4.82. The number of piperidine rings is 1. The molecule has 2 heterocycles. The highest BCUT2D eigenvalue weighted by atomic mass is 32.1. The van der Waals surface area contributed by atoms with Gasteiger partial charge in [0.25, 0.3) is 0 Å². The molecule has 21 heavy (non-hydrogen) atoms. The Labute approximate surface area is 127 Å². The Morgan fingerprint density at radius 1 is 1.43 bits per heavy atom. The highest BCUT2D eigenvalue weighted by Crippen LogP contribution is 2.23. The number of aromatic nitrogens is 2. The molecule has 1 aromatic rings. The molecule has 2 atom stereocenters. The number of rotatable bonds is 4. The zero-order valence-electron chi connectivity index (χ0n) is 12.2. The summed E-state index contributed by atoms with van der Waals surface area (Å²) in [4.78, 5) is 24.9. The Morgan fingerprint density at radius 3 is 2.86 bits per heavy atom. The first kappa shape index (κ1) is 15.7. The average Bonchev–Trinajstić information content (AvgIpc) is 2.85. The Morgan fingerprint density at radius 2 is 2.19 bits per heavy atom. The van der Waals surface area contributed by atoms with Gasteiger partial charge in [-0.25, -0.2) is 4.79 Å². The SMILES string of the molecule is CCCc1nnc(NC(=O)N2CC(C)CC(C(=O)O)C2)s1. The lowest BCUT2D eigenvalue weighted by Crippen LogP contribution is -2.47. The maximum Gasteiger partial charge on any atom is 0.323 e. The normalized spacial score (nSPS) is 22.1. The molecule has 0 bridgehead atoms. The number of nitrogens with zero attached hydrogens (tertiary/aromatic N) is 3. The summed E-state index contributed by atoms with van der Waals surface area (Å²) in [5.41, 5.74) is 0. The number of nitrogens with one attached hydrogen (secondary N) is 1.